The fraction of sp³-hybridized carbons (Fsp3) is 0.107. The molecule has 10 rings (SSSR count). The molecule has 59 heavy (non-hydrogen) atoms. The highest BCUT2D eigenvalue weighted by Gasteiger charge is 2.17. The molecule has 0 bridgehead atoms. The zero-order valence-electron chi connectivity index (χ0n) is 34.6. The van der Waals surface area contributed by atoms with Crippen LogP contribution in [0.4, 0.5) is 17.1 Å². The summed E-state index contributed by atoms with van der Waals surface area (Å²) in [5.74, 6) is 0. The summed E-state index contributed by atoms with van der Waals surface area (Å²) in [6.45, 7) is 18.7. The Morgan fingerprint density at radius 3 is 1.90 bits per heavy atom. The lowest BCUT2D eigenvalue weighted by atomic mass is 9.90. The van der Waals surface area contributed by atoms with Crippen LogP contribution in [0.15, 0.2) is 159 Å². The average molecular weight is 800 g/mol. The normalized spacial score (nSPS) is 11.5. The number of aryl methyl sites for hydroxylation is 3. The minimum absolute atomic E-state index is 1.04. The Bertz CT molecular complexity index is 3090. The van der Waals surface area contributed by atoms with Crippen molar-refractivity contribution in [2.75, 3.05) is 4.90 Å². The predicted octanol–water partition coefficient (Wildman–Crippen LogP) is 16.0. The van der Waals surface area contributed by atoms with E-state index in [0.29, 0.717) is 0 Å². The van der Waals surface area contributed by atoms with Gasteiger partial charge in [-0.3, -0.25) is 0 Å². The second kappa shape index (κ2) is 17.3. The summed E-state index contributed by atoms with van der Waals surface area (Å²) in [5.41, 5.74) is 13.4. The Morgan fingerprint density at radius 2 is 1.20 bits per heavy atom. The van der Waals surface area contributed by atoms with Crippen LogP contribution in [0, 0.1) is 20.8 Å². The number of anilines is 3. The highest BCUT2D eigenvalue weighted by molar-refractivity contribution is 7.21. The van der Waals surface area contributed by atoms with Crippen LogP contribution >= 0.6 is 22.7 Å². The van der Waals surface area contributed by atoms with Gasteiger partial charge < -0.3 is 4.90 Å². The summed E-state index contributed by atoms with van der Waals surface area (Å²) in [7, 11) is 0. The van der Waals surface area contributed by atoms with Crippen molar-refractivity contribution in [3.63, 3.8) is 0 Å². The van der Waals surface area contributed by atoms with Gasteiger partial charge >= 0.3 is 0 Å². The van der Waals surface area contributed by atoms with E-state index in [1.54, 1.807) is 11.3 Å². The fourth-order valence-corrected chi connectivity index (χ4v) is 10.5. The van der Waals surface area contributed by atoms with Crippen molar-refractivity contribution >= 4 is 95.0 Å². The first kappa shape index (κ1) is 39.6. The van der Waals surface area contributed by atoms with Gasteiger partial charge in [-0.15, -0.1) is 22.7 Å². The van der Waals surface area contributed by atoms with Gasteiger partial charge in [0, 0.05) is 52.0 Å². The second-order valence-electron chi connectivity index (χ2n) is 14.7. The molecule has 1 aliphatic rings. The Morgan fingerprint density at radius 1 is 0.542 bits per heavy atom. The van der Waals surface area contributed by atoms with E-state index in [0.717, 1.165) is 17.8 Å². The summed E-state index contributed by atoms with van der Waals surface area (Å²) < 4.78 is 4.02. The van der Waals surface area contributed by atoms with E-state index in [9.17, 15) is 0 Å². The molecule has 3 heteroatoms. The smallest absolute Gasteiger partial charge is 0.0476 e. The first-order valence-corrected chi connectivity index (χ1v) is 22.1. The Hall–Kier alpha value is -6.26. The highest BCUT2D eigenvalue weighted by Crippen LogP contribution is 2.42. The first-order valence-electron chi connectivity index (χ1n) is 20.5. The zero-order valence-corrected chi connectivity index (χ0v) is 36.2. The van der Waals surface area contributed by atoms with Crippen LogP contribution in [0.2, 0.25) is 0 Å². The van der Waals surface area contributed by atoms with E-state index in [2.05, 4.69) is 178 Å². The summed E-state index contributed by atoms with van der Waals surface area (Å²) in [5, 5.41) is 6.53. The van der Waals surface area contributed by atoms with Crippen molar-refractivity contribution in [3.8, 4) is 22.3 Å². The molecule has 0 saturated heterocycles. The van der Waals surface area contributed by atoms with Crippen LogP contribution in [0.5, 0.6) is 0 Å². The molecule has 1 nitrogen and oxygen atoms in total. The minimum atomic E-state index is 1.04. The molecule has 0 aliphatic heterocycles. The van der Waals surface area contributed by atoms with Crippen LogP contribution < -0.4 is 14.7 Å². The van der Waals surface area contributed by atoms with Crippen molar-refractivity contribution in [3.05, 3.63) is 196 Å². The monoisotopic (exact) mass is 799 g/mol. The lowest BCUT2D eigenvalue weighted by Gasteiger charge is -2.25. The van der Waals surface area contributed by atoms with E-state index >= 15 is 0 Å². The van der Waals surface area contributed by atoms with Crippen LogP contribution in [0.25, 0.3) is 77.5 Å². The summed E-state index contributed by atoms with van der Waals surface area (Å²) in [6, 6.07) is 53.0. The number of fused-ring (bicyclic) bond motifs is 6. The molecule has 9 aromatic rings. The minimum Gasteiger partial charge on any atom is -0.310 e. The maximum absolute atomic E-state index is 4.09. The molecule has 7 aromatic carbocycles. The van der Waals surface area contributed by atoms with E-state index < -0.39 is 0 Å². The number of nitrogens with zero attached hydrogens (tertiary/aromatic N) is 1. The van der Waals surface area contributed by atoms with E-state index in [-0.39, 0.29) is 0 Å². The lowest BCUT2D eigenvalue weighted by Crippen LogP contribution is -2.13. The second-order valence-corrected chi connectivity index (χ2v) is 16.9. The summed E-state index contributed by atoms with van der Waals surface area (Å²) >= 11 is 3.70. The van der Waals surface area contributed by atoms with Gasteiger partial charge in [-0.1, -0.05) is 154 Å². The maximum atomic E-state index is 4.09. The summed E-state index contributed by atoms with van der Waals surface area (Å²) in [6.07, 6.45) is 9.63. The largest absolute Gasteiger partial charge is 0.310 e. The molecule has 2 aromatic heterocycles. The van der Waals surface area contributed by atoms with E-state index in [1.807, 2.05) is 55.5 Å². The van der Waals surface area contributed by atoms with E-state index in [1.165, 1.54) is 95.8 Å². The van der Waals surface area contributed by atoms with Gasteiger partial charge in [-0.2, -0.15) is 0 Å². The maximum Gasteiger partial charge on any atom is 0.0476 e. The molecule has 0 spiro atoms. The lowest BCUT2D eigenvalue weighted by molar-refractivity contribution is 1.29. The third-order valence-corrected chi connectivity index (χ3v) is 13.5. The van der Waals surface area contributed by atoms with Gasteiger partial charge in [0.15, 0.2) is 0 Å². The molecule has 0 fully saturated rings. The molecule has 290 valence electrons. The number of para-hydroxylation sites is 1. The predicted molar refractivity (Wildman–Crippen MR) is 265 cm³/mol. The molecular formula is C56H49NS2. The van der Waals surface area contributed by atoms with Gasteiger partial charge in [0.1, 0.15) is 0 Å². The SMILES string of the molecule is C=Cc1sc2c(ccc3cc(C)c(-c4cc(-c5ccc(N(c6ccccc6)c6ccc7c8c(sc7c6)=CCC=8)cc5)ccc4C)cc32)c1C=C.CC.Cc1ccccc1. The Balaban J connectivity index is 0.000000484. The van der Waals surface area contributed by atoms with Gasteiger partial charge in [0.25, 0.3) is 0 Å². The van der Waals surface area contributed by atoms with Crippen molar-refractivity contribution in [1.82, 2.24) is 0 Å². The van der Waals surface area contributed by atoms with Crippen LogP contribution in [0.3, 0.4) is 0 Å². The average Bonchev–Trinajstić information content (AvgIpc) is 3.99. The molecule has 0 radical (unpaired) electrons. The van der Waals surface area contributed by atoms with Crippen molar-refractivity contribution < 1.29 is 0 Å². The third kappa shape index (κ3) is 7.72. The highest BCUT2D eigenvalue weighted by atomic mass is 32.1. The van der Waals surface area contributed by atoms with Crippen LogP contribution in [0.1, 0.15) is 47.4 Å². The third-order valence-electron chi connectivity index (χ3n) is 11.0. The van der Waals surface area contributed by atoms with Crippen molar-refractivity contribution in [1.29, 1.82) is 0 Å². The number of thiophene rings is 2. The molecule has 0 N–H and O–H groups in total. The standard InChI is InChI=1S/C47H35NS2.C7H8.C2H6/c1-5-37-40-23-19-33-25-30(4)42(28-43(33)47(40)50-44(37)6-2)41-26-32(16-15-29(41)3)31-17-20-35(21-18-31)48(34-11-8-7-9-12-34)36-22-24-39-38-13-10-14-45(38)49-46(39)27-36;1-7-5-3-2-4-6-7;1-2/h5-9,11-28H,1-2,10H2,3-4H3;2-6H,1H3;1-2H3. The molecule has 0 amide bonds. The number of rotatable bonds is 7. The molecule has 0 saturated carbocycles. The van der Waals surface area contributed by atoms with Gasteiger partial charge in [-0.05, 0) is 125 Å². The fourth-order valence-electron chi connectivity index (χ4n) is 8.09. The molecule has 0 atom stereocenters. The van der Waals surface area contributed by atoms with Gasteiger partial charge in [0.05, 0.1) is 0 Å². The van der Waals surface area contributed by atoms with E-state index in [4.69, 9.17) is 0 Å². The van der Waals surface area contributed by atoms with Crippen LogP contribution in [-0.4, -0.2) is 0 Å². The zero-order chi connectivity index (χ0) is 41.0. The number of hydrogen-bond acceptors (Lipinski definition) is 3. The first-order chi connectivity index (χ1) is 28.9. The Kier molecular flexibility index (Phi) is 11.6. The number of hydrogen-bond donors (Lipinski definition) is 0. The topological polar surface area (TPSA) is 3.24 Å². The molecular weight excluding hydrogens is 751 g/mol. The van der Waals surface area contributed by atoms with Crippen molar-refractivity contribution in [2.45, 2.75) is 41.0 Å². The molecule has 2 heterocycles. The molecule has 0 unspecified atom stereocenters. The number of benzene rings is 7. The quantitative estimate of drug-likeness (QED) is 0.155. The molecule has 1 aliphatic carbocycles. The van der Waals surface area contributed by atoms with Crippen molar-refractivity contribution in [2.24, 2.45) is 0 Å². The van der Waals surface area contributed by atoms with Gasteiger partial charge in [-0.25, -0.2) is 0 Å². The Labute approximate surface area is 356 Å². The van der Waals surface area contributed by atoms with Crippen LogP contribution in [-0.2, 0) is 0 Å². The summed E-state index contributed by atoms with van der Waals surface area (Å²) in [4.78, 5) is 3.53. The van der Waals surface area contributed by atoms with Gasteiger partial charge in [0.2, 0.25) is 0 Å².